The molecule has 2 aromatic heterocycles. The first-order chi connectivity index (χ1) is 10.1. The van der Waals surface area contributed by atoms with E-state index in [-0.39, 0.29) is 5.28 Å². The van der Waals surface area contributed by atoms with Gasteiger partial charge in [-0.1, -0.05) is 29.3 Å². The molecule has 3 aromatic rings. The lowest BCUT2D eigenvalue weighted by Gasteiger charge is -2.08. The fourth-order valence-electron chi connectivity index (χ4n) is 1.95. The number of halogens is 3. The lowest BCUT2D eigenvalue weighted by Crippen LogP contribution is -2.01. The number of aromatic nitrogens is 4. The summed E-state index contributed by atoms with van der Waals surface area (Å²) in [5.74, 6) is 0.644. The lowest BCUT2D eigenvalue weighted by atomic mass is 10.1. The van der Waals surface area contributed by atoms with Gasteiger partial charge < -0.3 is 0 Å². The Morgan fingerprint density at radius 3 is 2.48 bits per heavy atom. The third-order valence-corrected chi connectivity index (χ3v) is 3.80. The molecule has 1 aromatic carbocycles. The Bertz CT molecular complexity index is 752. The molecule has 4 nitrogen and oxygen atoms in total. The molecule has 7 heteroatoms. The van der Waals surface area contributed by atoms with Crippen molar-refractivity contribution in [2.45, 2.75) is 6.42 Å². The van der Waals surface area contributed by atoms with Crippen molar-refractivity contribution in [3.63, 3.8) is 0 Å². The van der Waals surface area contributed by atoms with Crippen molar-refractivity contribution in [1.29, 1.82) is 0 Å². The monoisotopic (exact) mass is 338 g/mol. The Morgan fingerprint density at radius 1 is 1.05 bits per heavy atom. The predicted molar refractivity (Wildman–Crippen MR) is 83.4 cm³/mol. The summed E-state index contributed by atoms with van der Waals surface area (Å²) in [6.45, 7) is 0. The van der Waals surface area contributed by atoms with Crippen molar-refractivity contribution < 1.29 is 0 Å². The maximum absolute atomic E-state index is 6.18. The van der Waals surface area contributed by atoms with E-state index in [9.17, 15) is 0 Å². The van der Waals surface area contributed by atoms with E-state index in [0.717, 1.165) is 11.3 Å². The normalized spacial score (nSPS) is 10.8. The van der Waals surface area contributed by atoms with Gasteiger partial charge >= 0.3 is 0 Å². The summed E-state index contributed by atoms with van der Waals surface area (Å²) in [6, 6.07) is 7.22. The van der Waals surface area contributed by atoms with Gasteiger partial charge in [0, 0.05) is 34.9 Å². The summed E-state index contributed by atoms with van der Waals surface area (Å²) in [5, 5.41) is 1.36. The molecule has 0 fully saturated rings. The maximum atomic E-state index is 6.18. The molecule has 0 N–H and O–H groups in total. The molecule has 0 aliphatic carbocycles. The van der Waals surface area contributed by atoms with Crippen LogP contribution in [0.15, 0.2) is 43.0 Å². The van der Waals surface area contributed by atoms with Gasteiger partial charge in [0.05, 0.1) is 5.69 Å². The highest BCUT2D eigenvalue weighted by atomic mass is 35.5. The number of imidazole rings is 1. The van der Waals surface area contributed by atoms with Crippen molar-refractivity contribution in [3.05, 3.63) is 69.6 Å². The van der Waals surface area contributed by atoms with Crippen molar-refractivity contribution in [3.8, 4) is 5.82 Å². The molecule has 3 rings (SSSR count). The number of hydrogen-bond acceptors (Lipinski definition) is 3. The summed E-state index contributed by atoms with van der Waals surface area (Å²) in [5.41, 5.74) is 1.54. The summed E-state index contributed by atoms with van der Waals surface area (Å²) in [4.78, 5) is 12.4. The fraction of sp³-hybridized carbons (Fsp3) is 0.0714. The maximum Gasteiger partial charge on any atom is 0.224 e. The zero-order chi connectivity index (χ0) is 14.8. The van der Waals surface area contributed by atoms with Crippen LogP contribution in [0, 0.1) is 0 Å². The molecule has 0 radical (unpaired) electrons. The first-order valence-electron chi connectivity index (χ1n) is 6.08. The average molecular weight is 340 g/mol. The fourth-order valence-corrected chi connectivity index (χ4v) is 2.68. The van der Waals surface area contributed by atoms with Crippen LogP contribution in [0.25, 0.3) is 5.82 Å². The van der Waals surface area contributed by atoms with E-state index in [4.69, 9.17) is 34.8 Å². The van der Waals surface area contributed by atoms with Gasteiger partial charge in [0.15, 0.2) is 0 Å². The van der Waals surface area contributed by atoms with Crippen LogP contribution in [-0.4, -0.2) is 19.5 Å². The van der Waals surface area contributed by atoms with E-state index < -0.39 is 0 Å². The molecule has 0 saturated heterocycles. The third-order valence-electron chi connectivity index (χ3n) is 2.93. The molecular formula is C14H9Cl3N4. The van der Waals surface area contributed by atoms with E-state index >= 15 is 0 Å². The second kappa shape index (κ2) is 6.02. The van der Waals surface area contributed by atoms with Crippen molar-refractivity contribution in [2.75, 3.05) is 0 Å². The Kier molecular flexibility index (Phi) is 4.10. The first-order valence-corrected chi connectivity index (χ1v) is 7.21. The molecule has 0 atom stereocenters. The minimum Gasteiger partial charge on any atom is -0.290 e. The van der Waals surface area contributed by atoms with Crippen LogP contribution in [0.5, 0.6) is 0 Å². The van der Waals surface area contributed by atoms with Crippen LogP contribution < -0.4 is 0 Å². The highest BCUT2D eigenvalue weighted by Crippen LogP contribution is 2.27. The standard InChI is InChI=1S/C14H9Cl3N4/c15-11-2-1-3-12(16)10(11)6-9-7-13(20-14(17)19-9)21-5-4-18-8-21/h1-5,7-8H,6H2. The van der Waals surface area contributed by atoms with Gasteiger partial charge in [0.2, 0.25) is 5.28 Å². The van der Waals surface area contributed by atoms with Crippen LogP contribution in [0.2, 0.25) is 15.3 Å². The van der Waals surface area contributed by atoms with Crippen LogP contribution in [0.1, 0.15) is 11.3 Å². The Labute approximate surface area is 136 Å². The molecule has 0 aliphatic heterocycles. The molecule has 2 heterocycles. The van der Waals surface area contributed by atoms with Gasteiger partial charge in [-0.3, -0.25) is 4.57 Å². The van der Waals surface area contributed by atoms with E-state index in [1.165, 1.54) is 0 Å². The smallest absolute Gasteiger partial charge is 0.224 e. The van der Waals surface area contributed by atoms with Crippen LogP contribution in [0.4, 0.5) is 0 Å². The number of hydrogen-bond donors (Lipinski definition) is 0. The second-order valence-electron chi connectivity index (χ2n) is 4.33. The molecule has 0 unspecified atom stereocenters. The molecule has 0 bridgehead atoms. The van der Waals surface area contributed by atoms with Crippen molar-refractivity contribution in [2.24, 2.45) is 0 Å². The minimum atomic E-state index is 0.166. The minimum absolute atomic E-state index is 0.166. The van der Waals surface area contributed by atoms with E-state index in [1.54, 1.807) is 41.5 Å². The van der Waals surface area contributed by atoms with Gasteiger partial charge in [-0.05, 0) is 29.3 Å². The first kappa shape index (κ1) is 14.3. The summed E-state index contributed by atoms with van der Waals surface area (Å²) < 4.78 is 1.76. The zero-order valence-electron chi connectivity index (χ0n) is 10.7. The summed E-state index contributed by atoms with van der Waals surface area (Å²) in [7, 11) is 0. The van der Waals surface area contributed by atoms with Gasteiger partial charge in [-0.25, -0.2) is 9.97 Å². The van der Waals surface area contributed by atoms with Crippen LogP contribution in [0.3, 0.4) is 0 Å². The average Bonchev–Trinajstić information content (AvgIpc) is 2.97. The molecule has 106 valence electrons. The van der Waals surface area contributed by atoms with E-state index in [2.05, 4.69) is 15.0 Å². The summed E-state index contributed by atoms with van der Waals surface area (Å²) >= 11 is 18.4. The Morgan fingerprint density at radius 2 is 1.81 bits per heavy atom. The van der Waals surface area contributed by atoms with E-state index in [1.807, 2.05) is 6.07 Å². The molecule has 0 aliphatic rings. The van der Waals surface area contributed by atoms with Gasteiger partial charge in [-0.2, -0.15) is 4.98 Å². The Hall–Kier alpha value is -1.62. The van der Waals surface area contributed by atoms with Gasteiger partial charge in [-0.15, -0.1) is 0 Å². The third kappa shape index (κ3) is 3.18. The zero-order valence-corrected chi connectivity index (χ0v) is 12.9. The second-order valence-corrected chi connectivity index (χ2v) is 5.49. The number of benzene rings is 1. The molecule has 21 heavy (non-hydrogen) atoms. The van der Waals surface area contributed by atoms with E-state index in [0.29, 0.717) is 22.3 Å². The Balaban J connectivity index is 2.00. The topological polar surface area (TPSA) is 43.6 Å². The molecule has 0 spiro atoms. The van der Waals surface area contributed by atoms with Crippen molar-refractivity contribution in [1.82, 2.24) is 19.5 Å². The molecule has 0 amide bonds. The van der Waals surface area contributed by atoms with Crippen molar-refractivity contribution >= 4 is 34.8 Å². The lowest BCUT2D eigenvalue weighted by molar-refractivity contribution is 0.938. The highest BCUT2D eigenvalue weighted by Gasteiger charge is 2.10. The van der Waals surface area contributed by atoms with Gasteiger partial charge in [0.1, 0.15) is 12.1 Å². The number of rotatable bonds is 3. The predicted octanol–water partition coefficient (Wildman–Crippen LogP) is 4.21. The molecular weight excluding hydrogens is 331 g/mol. The number of nitrogens with zero attached hydrogens (tertiary/aromatic N) is 4. The SMILES string of the molecule is Clc1nc(Cc2c(Cl)cccc2Cl)cc(-n2ccnc2)n1. The molecule has 0 saturated carbocycles. The van der Waals surface area contributed by atoms with Gasteiger partial charge in [0.25, 0.3) is 0 Å². The highest BCUT2D eigenvalue weighted by molar-refractivity contribution is 6.36. The largest absolute Gasteiger partial charge is 0.290 e. The quantitative estimate of drug-likeness (QED) is 0.671. The summed E-state index contributed by atoms with van der Waals surface area (Å²) in [6.07, 6.45) is 5.57. The van der Waals surface area contributed by atoms with Crippen LogP contribution in [-0.2, 0) is 6.42 Å². The van der Waals surface area contributed by atoms with Crippen LogP contribution >= 0.6 is 34.8 Å².